The molecule has 4 aromatic heterocycles. The number of thiophene rings is 1. The Balaban J connectivity index is 1.06. The van der Waals surface area contributed by atoms with Crippen LogP contribution in [0.5, 0.6) is 17.2 Å². The molecular formula is C39H35F2N5O5S. The van der Waals surface area contributed by atoms with Gasteiger partial charge in [0, 0.05) is 68.8 Å². The number of benzene rings is 2. The third kappa shape index (κ3) is 7.57. The molecule has 1 amide bonds. The number of piperidine rings is 1. The fourth-order valence-electron chi connectivity index (χ4n) is 6.13. The van der Waals surface area contributed by atoms with E-state index >= 15 is 4.39 Å². The maximum Gasteiger partial charge on any atom is 0.271 e. The number of methoxy groups -OCH3 is 1. The third-order valence-corrected chi connectivity index (χ3v) is 9.98. The number of likely N-dealkylation sites (tertiary alicyclic amines) is 1. The van der Waals surface area contributed by atoms with Crippen LogP contribution >= 0.6 is 11.3 Å². The van der Waals surface area contributed by atoms with E-state index in [-0.39, 0.29) is 29.4 Å². The van der Waals surface area contributed by atoms with Crippen molar-refractivity contribution in [1.29, 1.82) is 0 Å². The van der Waals surface area contributed by atoms with Gasteiger partial charge in [-0.1, -0.05) is 6.07 Å². The Bertz CT molecular complexity index is 2270. The molecule has 1 saturated heterocycles. The van der Waals surface area contributed by atoms with E-state index in [2.05, 4.69) is 21.3 Å². The molecule has 0 spiro atoms. The highest BCUT2D eigenvalue weighted by Gasteiger charge is 2.22. The van der Waals surface area contributed by atoms with Crippen molar-refractivity contribution in [1.82, 2.24) is 19.4 Å². The number of nitrogens with one attached hydrogen (secondary N) is 1. The van der Waals surface area contributed by atoms with Crippen molar-refractivity contribution in [2.24, 2.45) is 0 Å². The molecule has 266 valence electrons. The lowest BCUT2D eigenvalue weighted by Gasteiger charge is -2.31. The zero-order valence-corrected chi connectivity index (χ0v) is 29.3. The Morgan fingerprint density at radius 2 is 1.77 bits per heavy atom. The lowest BCUT2D eigenvalue weighted by Crippen LogP contribution is -2.36. The summed E-state index contributed by atoms with van der Waals surface area (Å²) in [4.78, 5) is 39.4. The van der Waals surface area contributed by atoms with Gasteiger partial charge in [0.05, 0.1) is 33.5 Å². The molecule has 10 nitrogen and oxygen atoms in total. The minimum absolute atomic E-state index is 0.0606. The number of carbonyl (C=O) groups excluding carboxylic acids is 1. The van der Waals surface area contributed by atoms with Crippen molar-refractivity contribution in [3.63, 3.8) is 0 Å². The van der Waals surface area contributed by atoms with Crippen molar-refractivity contribution < 1.29 is 27.8 Å². The van der Waals surface area contributed by atoms with Crippen LogP contribution in [0, 0.1) is 11.6 Å². The average molecular weight is 724 g/mol. The van der Waals surface area contributed by atoms with Crippen LogP contribution in [0.25, 0.3) is 26.5 Å². The number of nitrogens with zero attached hydrogens (tertiary/aromatic N) is 4. The van der Waals surface area contributed by atoms with E-state index < -0.39 is 23.1 Å². The quantitative estimate of drug-likeness (QED) is 0.144. The molecule has 0 atom stereocenters. The molecular weight excluding hydrogens is 689 g/mol. The largest absolute Gasteiger partial charge is 0.493 e. The van der Waals surface area contributed by atoms with E-state index in [1.165, 1.54) is 64.6 Å². The normalized spacial score (nSPS) is 13.7. The molecule has 13 heteroatoms. The van der Waals surface area contributed by atoms with Crippen LogP contribution in [0.1, 0.15) is 35.7 Å². The number of pyridine rings is 3. The van der Waals surface area contributed by atoms with Crippen molar-refractivity contribution >= 4 is 33.1 Å². The van der Waals surface area contributed by atoms with Gasteiger partial charge in [0.2, 0.25) is 0 Å². The first-order chi connectivity index (χ1) is 25.3. The Labute approximate surface area is 302 Å². The second kappa shape index (κ2) is 15.4. The molecule has 52 heavy (non-hydrogen) atoms. The first-order valence-electron chi connectivity index (χ1n) is 16.8. The van der Waals surface area contributed by atoms with E-state index in [1.807, 2.05) is 18.3 Å². The van der Waals surface area contributed by atoms with Crippen molar-refractivity contribution in [3.05, 3.63) is 125 Å². The van der Waals surface area contributed by atoms with Crippen molar-refractivity contribution in [2.75, 3.05) is 32.1 Å². The van der Waals surface area contributed by atoms with Gasteiger partial charge in [-0.25, -0.2) is 8.78 Å². The Hall–Kier alpha value is -5.50. The van der Waals surface area contributed by atoms with Gasteiger partial charge in [-0.2, -0.15) is 0 Å². The van der Waals surface area contributed by atoms with Crippen LogP contribution in [0.15, 0.2) is 96.2 Å². The standard InChI is InChI=1S/C39H35F2N5O5S/c1-3-50-33-15-19-46(27-8-5-25(40)6-9-27)39(48)36(33)38(47)44-26-7-11-32(29(41)20-26)51-34-12-16-42-31-21-35(52-37(31)34)30-10-4-24(22-43-30)23-45-17-13-28(49-2)14-18-45/h4-12,15-16,19-22,28H,3,13-14,17-18,23H2,1-2H3,(H,44,47). The SMILES string of the molecule is CCOc1ccn(-c2ccc(F)cc2)c(=O)c1C(=O)Nc1ccc(Oc2ccnc3cc(-c4ccc(CN5CCC(OC)CC5)cn4)sc23)c(F)c1. The third-order valence-electron chi connectivity index (χ3n) is 8.82. The molecule has 0 bridgehead atoms. The maximum atomic E-state index is 15.5. The highest BCUT2D eigenvalue weighted by atomic mass is 32.1. The van der Waals surface area contributed by atoms with E-state index in [0.29, 0.717) is 23.1 Å². The zero-order chi connectivity index (χ0) is 36.2. The molecule has 0 radical (unpaired) electrons. The number of amides is 1. The summed E-state index contributed by atoms with van der Waals surface area (Å²) in [5.74, 6) is -1.58. The van der Waals surface area contributed by atoms with E-state index in [0.717, 1.165) is 59.4 Å². The summed E-state index contributed by atoms with van der Waals surface area (Å²) in [5.41, 5.74) is 2.12. The van der Waals surface area contributed by atoms with E-state index in [4.69, 9.17) is 19.2 Å². The number of ether oxygens (including phenoxy) is 3. The first kappa shape index (κ1) is 34.9. The van der Waals surface area contributed by atoms with Crippen molar-refractivity contribution in [3.8, 4) is 33.5 Å². The van der Waals surface area contributed by atoms with Crippen LogP contribution in [0.2, 0.25) is 0 Å². The molecule has 1 aliphatic heterocycles. The number of aromatic nitrogens is 3. The van der Waals surface area contributed by atoms with E-state index in [9.17, 15) is 14.0 Å². The van der Waals surface area contributed by atoms with Crippen LogP contribution in [0.4, 0.5) is 14.5 Å². The highest BCUT2D eigenvalue weighted by molar-refractivity contribution is 7.22. The van der Waals surface area contributed by atoms with Crippen LogP contribution in [-0.4, -0.2) is 58.3 Å². The molecule has 0 saturated carbocycles. The number of hydrogen-bond donors (Lipinski definition) is 1. The summed E-state index contributed by atoms with van der Waals surface area (Å²) in [7, 11) is 1.77. The molecule has 1 aliphatic rings. The van der Waals surface area contributed by atoms with Gasteiger partial charge in [-0.05, 0) is 79.9 Å². The smallest absolute Gasteiger partial charge is 0.271 e. The predicted octanol–water partition coefficient (Wildman–Crippen LogP) is 7.84. The molecule has 5 heterocycles. The second-order valence-corrected chi connectivity index (χ2v) is 13.3. The number of carbonyl (C=O) groups is 1. The number of hydrogen-bond acceptors (Lipinski definition) is 9. The van der Waals surface area contributed by atoms with Gasteiger partial charge in [-0.15, -0.1) is 11.3 Å². The van der Waals surface area contributed by atoms with Gasteiger partial charge < -0.3 is 19.5 Å². The fourth-order valence-corrected chi connectivity index (χ4v) is 7.17. The summed E-state index contributed by atoms with van der Waals surface area (Å²) in [6, 6.07) is 18.4. The van der Waals surface area contributed by atoms with Gasteiger partial charge in [-0.3, -0.25) is 29.0 Å². The predicted molar refractivity (Wildman–Crippen MR) is 196 cm³/mol. The van der Waals surface area contributed by atoms with E-state index in [1.54, 1.807) is 26.3 Å². The lowest BCUT2D eigenvalue weighted by atomic mass is 10.1. The Morgan fingerprint density at radius 3 is 2.48 bits per heavy atom. The molecule has 1 N–H and O–H groups in total. The highest BCUT2D eigenvalue weighted by Crippen LogP contribution is 2.39. The first-order valence-corrected chi connectivity index (χ1v) is 17.6. The van der Waals surface area contributed by atoms with Gasteiger partial charge in [0.1, 0.15) is 22.9 Å². The molecule has 1 fully saturated rings. The summed E-state index contributed by atoms with van der Waals surface area (Å²) < 4.78 is 48.0. The summed E-state index contributed by atoms with van der Waals surface area (Å²) in [5, 5.41) is 2.59. The molecule has 0 unspecified atom stereocenters. The number of rotatable bonds is 11. The maximum absolute atomic E-state index is 15.5. The topological polar surface area (TPSA) is 108 Å². The molecule has 6 aromatic rings. The van der Waals surface area contributed by atoms with Gasteiger partial charge in [0.15, 0.2) is 11.6 Å². The van der Waals surface area contributed by atoms with Gasteiger partial charge in [0.25, 0.3) is 11.5 Å². The van der Waals surface area contributed by atoms with Gasteiger partial charge >= 0.3 is 0 Å². The Kier molecular flexibility index (Phi) is 10.3. The molecule has 7 rings (SSSR count). The molecule has 0 aliphatic carbocycles. The van der Waals surface area contributed by atoms with Crippen LogP contribution < -0.4 is 20.3 Å². The zero-order valence-electron chi connectivity index (χ0n) is 28.5. The number of anilines is 1. The van der Waals surface area contributed by atoms with Crippen LogP contribution in [0.3, 0.4) is 0 Å². The minimum atomic E-state index is -0.798. The van der Waals surface area contributed by atoms with Crippen LogP contribution in [-0.2, 0) is 11.3 Å². The second-order valence-electron chi connectivity index (χ2n) is 12.2. The fraction of sp³-hybridized carbons (Fsp3) is 0.231. The number of halogens is 2. The number of fused-ring (bicyclic) bond motifs is 1. The molecule has 2 aromatic carbocycles. The summed E-state index contributed by atoms with van der Waals surface area (Å²) in [6.45, 7) is 4.74. The van der Waals surface area contributed by atoms with Crippen molar-refractivity contribution in [2.45, 2.75) is 32.4 Å². The average Bonchev–Trinajstić information content (AvgIpc) is 3.60. The minimum Gasteiger partial charge on any atom is -0.493 e. The lowest BCUT2D eigenvalue weighted by molar-refractivity contribution is 0.0388. The summed E-state index contributed by atoms with van der Waals surface area (Å²) >= 11 is 1.45. The summed E-state index contributed by atoms with van der Waals surface area (Å²) in [6.07, 6.45) is 7.33. The monoisotopic (exact) mass is 723 g/mol. The Morgan fingerprint density at radius 1 is 0.962 bits per heavy atom.